The van der Waals surface area contributed by atoms with E-state index in [0.29, 0.717) is 47.4 Å². The summed E-state index contributed by atoms with van der Waals surface area (Å²) in [6.07, 6.45) is 1.88. The van der Waals surface area contributed by atoms with Crippen LogP contribution in [0.4, 0.5) is 27.8 Å². The largest absolute Gasteiger partial charge is 0.372 e. The van der Waals surface area contributed by atoms with Crippen LogP contribution in [0.5, 0.6) is 0 Å². The van der Waals surface area contributed by atoms with Crippen molar-refractivity contribution in [2.24, 2.45) is 7.05 Å². The molecule has 0 unspecified atom stereocenters. The Morgan fingerprint density at radius 3 is 2.85 bits per heavy atom. The van der Waals surface area contributed by atoms with Crippen molar-refractivity contribution in [2.45, 2.75) is 25.6 Å². The molecule has 176 valence electrons. The Balaban J connectivity index is 1.59. The number of aryl methyl sites for hydroxylation is 2. The Labute approximate surface area is 196 Å². The number of nitriles is 1. The number of hydrogen-bond acceptors (Lipinski definition) is 8. The molecule has 1 aliphatic heterocycles. The standard InChI is InChI=1S/C23H26FN9O/c1-5-20(34)29-17-8-18-19(6-13(17)2)32(4)23(30-18)33-11-15(24)7-16(12-33)28-22-27-10-14(9-25)21(26-3)31-22/h5-6,8,10,15-16H,1,7,11-12H2,2-4H3,(H,29,34)(H2,26,27,28,31)/t15-,16-/m1/s1. The number of nitrogens with zero attached hydrogens (tertiary/aromatic N) is 6. The summed E-state index contributed by atoms with van der Waals surface area (Å²) in [7, 11) is 3.56. The highest BCUT2D eigenvalue weighted by Crippen LogP contribution is 2.29. The van der Waals surface area contributed by atoms with Gasteiger partial charge in [-0.2, -0.15) is 10.2 Å². The first kappa shape index (κ1) is 23.0. The lowest BCUT2D eigenvalue weighted by molar-refractivity contribution is -0.111. The van der Waals surface area contributed by atoms with Gasteiger partial charge in [-0.15, -0.1) is 0 Å². The van der Waals surface area contributed by atoms with Gasteiger partial charge in [0.25, 0.3) is 0 Å². The average molecular weight is 464 g/mol. The Bertz CT molecular complexity index is 1300. The van der Waals surface area contributed by atoms with Crippen LogP contribution < -0.4 is 20.9 Å². The third-order valence-electron chi connectivity index (χ3n) is 5.81. The zero-order valence-electron chi connectivity index (χ0n) is 19.3. The molecule has 3 heterocycles. The SMILES string of the molecule is C=CC(=O)Nc1cc2nc(N3C[C@H](F)C[C@@H](Nc4ncc(C#N)c(NC)n4)C3)n(C)c2cc1C. The van der Waals surface area contributed by atoms with Gasteiger partial charge in [0.15, 0.2) is 0 Å². The van der Waals surface area contributed by atoms with Crippen molar-refractivity contribution >= 4 is 40.3 Å². The van der Waals surface area contributed by atoms with Crippen molar-refractivity contribution in [1.29, 1.82) is 5.26 Å². The summed E-state index contributed by atoms with van der Waals surface area (Å²) in [6.45, 7) is 6.09. The molecule has 1 aromatic carbocycles. The quantitative estimate of drug-likeness (QED) is 0.477. The van der Waals surface area contributed by atoms with Gasteiger partial charge in [-0.25, -0.2) is 14.4 Å². The first-order valence-corrected chi connectivity index (χ1v) is 10.8. The number of carbonyl (C=O) groups excluding carboxylic acids is 1. The number of aromatic nitrogens is 4. The number of imidazole rings is 1. The first-order valence-electron chi connectivity index (χ1n) is 10.8. The van der Waals surface area contributed by atoms with Gasteiger partial charge >= 0.3 is 0 Å². The Morgan fingerprint density at radius 2 is 2.15 bits per heavy atom. The maximum Gasteiger partial charge on any atom is 0.247 e. The summed E-state index contributed by atoms with van der Waals surface area (Å²) in [6, 6.07) is 5.53. The minimum absolute atomic E-state index is 0.213. The molecule has 0 bridgehead atoms. The van der Waals surface area contributed by atoms with Gasteiger partial charge in [-0.1, -0.05) is 6.58 Å². The topological polar surface area (TPSA) is 124 Å². The second-order valence-electron chi connectivity index (χ2n) is 8.22. The molecular weight excluding hydrogens is 437 g/mol. The molecule has 1 fully saturated rings. The summed E-state index contributed by atoms with van der Waals surface area (Å²) in [5, 5.41) is 18.0. The molecular formula is C23H26FN9O. The second kappa shape index (κ2) is 9.35. The van der Waals surface area contributed by atoms with Crippen LogP contribution in [0, 0.1) is 18.3 Å². The smallest absolute Gasteiger partial charge is 0.247 e. The monoisotopic (exact) mass is 463 g/mol. The number of anilines is 4. The maximum atomic E-state index is 14.8. The van der Waals surface area contributed by atoms with E-state index >= 15 is 0 Å². The van der Waals surface area contributed by atoms with E-state index in [4.69, 9.17) is 10.2 Å². The van der Waals surface area contributed by atoms with Crippen molar-refractivity contribution < 1.29 is 9.18 Å². The molecule has 0 saturated carbocycles. The van der Waals surface area contributed by atoms with E-state index in [9.17, 15) is 9.18 Å². The minimum Gasteiger partial charge on any atom is -0.372 e. The molecule has 4 rings (SSSR count). The van der Waals surface area contributed by atoms with Gasteiger partial charge in [0, 0.05) is 38.8 Å². The highest BCUT2D eigenvalue weighted by atomic mass is 19.1. The molecule has 0 radical (unpaired) electrons. The molecule has 34 heavy (non-hydrogen) atoms. The maximum absolute atomic E-state index is 14.8. The fourth-order valence-corrected chi connectivity index (χ4v) is 4.14. The van der Waals surface area contributed by atoms with Crippen LogP contribution in [0.2, 0.25) is 0 Å². The number of piperidine rings is 1. The van der Waals surface area contributed by atoms with Crippen LogP contribution in [-0.4, -0.2) is 57.8 Å². The Kier molecular flexibility index (Phi) is 6.32. The van der Waals surface area contributed by atoms with Gasteiger partial charge in [0.2, 0.25) is 17.8 Å². The van der Waals surface area contributed by atoms with Crippen molar-refractivity contribution in [3.63, 3.8) is 0 Å². The van der Waals surface area contributed by atoms with Gasteiger partial charge < -0.3 is 25.4 Å². The molecule has 2 atom stereocenters. The number of alkyl halides is 1. The first-order chi connectivity index (χ1) is 16.3. The molecule has 1 saturated heterocycles. The molecule has 0 spiro atoms. The van der Waals surface area contributed by atoms with Crippen molar-refractivity contribution in [2.75, 3.05) is 41.0 Å². The predicted octanol–water partition coefficient (Wildman–Crippen LogP) is 2.74. The molecule has 3 aromatic rings. The van der Waals surface area contributed by atoms with Crippen molar-refractivity contribution in [3.8, 4) is 6.07 Å². The van der Waals surface area contributed by atoms with E-state index in [0.717, 1.165) is 11.1 Å². The molecule has 0 aliphatic carbocycles. The van der Waals surface area contributed by atoms with Crippen LogP contribution in [-0.2, 0) is 11.8 Å². The molecule has 1 aliphatic rings. The summed E-state index contributed by atoms with van der Waals surface area (Å²) < 4.78 is 16.7. The average Bonchev–Trinajstić information content (AvgIpc) is 3.14. The van der Waals surface area contributed by atoms with Gasteiger partial charge in [-0.05, 0) is 30.7 Å². The van der Waals surface area contributed by atoms with E-state index < -0.39 is 6.17 Å². The molecule has 1 amide bonds. The highest BCUT2D eigenvalue weighted by molar-refractivity contribution is 6.00. The number of carbonyl (C=O) groups is 1. The summed E-state index contributed by atoms with van der Waals surface area (Å²) in [4.78, 5) is 26.9. The van der Waals surface area contributed by atoms with E-state index in [2.05, 4.69) is 32.5 Å². The molecule has 11 heteroatoms. The number of halogens is 1. The summed E-state index contributed by atoms with van der Waals surface area (Å²) >= 11 is 0. The number of amides is 1. The minimum atomic E-state index is -1.07. The number of hydrogen-bond donors (Lipinski definition) is 3. The van der Waals surface area contributed by atoms with Crippen LogP contribution in [0.1, 0.15) is 17.5 Å². The zero-order chi connectivity index (χ0) is 24.4. The van der Waals surface area contributed by atoms with Gasteiger partial charge in [0.1, 0.15) is 23.6 Å². The lowest BCUT2D eigenvalue weighted by Crippen LogP contribution is -2.48. The second-order valence-corrected chi connectivity index (χ2v) is 8.22. The van der Waals surface area contributed by atoms with E-state index in [1.165, 1.54) is 12.3 Å². The zero-order valence-corrected chi connectivity index (χ0v) is 19.3. The highest BCUT2D eigenvalue weighted by Gasteiger charge is 2.30. The van der Waals surface area contributed by atoms with Gasteiger partial charge in [0.05, 0.1) is 23.8 Å². The number of rotatable bonds is 6. The summed E-state index contributed by atoms with van der Waals surface area (Å²) in [5.41, 5.74) is 3.45. The van der Waals surface area contributed by atoms with Crippen LogP contribution in [0.3, 0.4) is 0 Å². The summed E-state index contributed by atoms with van der Waals surface area (Å²) in [5.74, 6) is 1.07. The lowest BCUT2D eigenvalue weighted by Gasteiger charge is -2.35. The Morgan fingerprint density at radius 1 is 1.35 bits per heavy atom. The fourth-order valence-electron chi connectivity index (χ4n) is 4.14. The van der Waals surface area contributed by atoms with Crippen LogP contribution in [0.15, 0.2) is 31.0 Å². The Hall–Kier alpha value is -4.20. The van der Waals surface area contributed by atoms with Crippen LogP contribution in [0.25, 0.3) is 11.0 Å². The third kappa shape index (κ3) is 4.47. The van der Waals surface area contributed by atoms with Crippen molar-refractivity contribution in [1.82, 2.24) is 19.5 Å². The number of fused-ring (bicyclic) bond motifs is 1. The van der Waals surface area contributed by atoms with E-state index in [1.54, 1.807) is 7.05 Å². The van der Waals surface area contributed by atoms with E-state index in [-0.39, 0.29) is 18.5 Å². The number of nitrogens with one attached hydrogen (secondary N) is 3. The van der Waals surface area contributed by atoms with E-state index in [1.807, 2.05) is 41.6 Å². The normalized spacial score (nSPS) is 17.8. The van der Waals surface area contributed by atoms with Gasteiger partial charge in [-0.3, -0.25) is 4.79 Å². The third-order valence-corrected chi connectivity index (χ3v) is 5.81. The predicted molar refractivity (Wildman–Crippen MR) is 130 cm³/mol. The molecule has 10 nitrogen and oxygen atoms in total. The number of benzene rings is 1. The molecule has 3 N–H and O–H groups in total. The molecule has 2 aromatic heterocycles. The van der Waals surface area contributed by atoms with Crippen molar-refractivity contribution in [3.05, 3.63) is 42.1 Å². The fraction of sp³-hybridized carbons (Fsp3) is 0.348. The van der Waals surface area contributed by atoms with Crippen LogP contribution >= 0.6 is 0 Å². The lowest BCUT2D eigenvalue weighted by atomic mass is 10.0.